The van der Waals surface area contributed by atoms with Gasteiger partial charge >= 0.3 is 12.0 Å². The van der Waals surface area contributed by atoms with Crippen molar-refractivity contribution in [3.63, 3.8) is 0 Å². The molecule has 20 heavy (non-hydrogen) atoms. The average Bonchev–Trinajstić information content (AvgIpc) is 2.82. The van der Waals surface area contributed by atoms with E-state index >= 15 is 0 Å². The quantitative estimate of drug-likeness (QED) is 0.711. The summed E-state index contributed by atoms with van der Waals surface area (Å²) in [6, 6.07) is 2.30. The van der Waals surface area contributed by atoms with Gasteiger partial charge in [0.2, 0.25) is 0 Å². The van der Waals surface area contributed by atoms with E-state index < -0.39 is 24.1 Å². The van der Waals surface area contributed by atoms with Gasteiger partial charge in [0.25, 0.3) is 0 Å². The van der Waals surface area contributed by atoms with Crippen molar-refractivity contribution in [2.75, 3.05) is 13.1 Å². The van der Waals surface area contributed by atoms with Crippen LogP contribution in [-0.4, -0.2) is 57.3 Å². The predicted octanol–water partition coefficient (Wildman–Crippen LogP) is -0.146. The minimum atomic E-state index is -1.09. The fraction of sp³-hybridized carbons (Fsp3) is 0.462. The Morgan fingerprint density at radius 1 is 1.40 bits per heavy atom. The Bertz CT molecular complexity index is 480. The number of hydrogen-bond acceptors (Lipinski definition) is 4. The molecular formula is C13H17N3O4. The van der Waals surface area contributed by atoms with Crippen LogP contribution in [0.4, 0.5) is 4.79 Å². The lowest BCUT2D eigenvalue weighted by molar-refractivity contribution is -0.141. The maximum Gasteiger partial charge on any atom is 0.326 e. The van der Waals surface area contributed by atoms with Gasteiger partial charge in [0.1, 0.15) is 6.04 Å². The van der Waals surface area contributed by atoms with Gasteiger partial charge in [-0.15, -0.1) is 0 Å². The van der Waals surface area contributed by atoms with E-state index in [9.17, 15) is 14.7 Å². The first-order valence-electron chi connectivity index (χ1n) is 6.42. The van der Waals surface area contributed by atoms with Gasteiger partial charge in [-0.3, -0.25) is 4.98 Å². The van der Waals surface area contributed by atoms with E-state index in [4.69, 9.17) is 5.11 Å². The molecule has 3 N–H and O–H groups in total. The summed E-state index contributed by atoms with van der Waals surface area (Å²) in [7, 11) is 0. The summed E-state index contributed by atoms with van der Waals surface area (Å²) in [6.45, 7) is 0.458. The molecule has 2 atom stereocenters. The van der Waals surface area contributed by atoms with Crippen LogP contribution in [0.3, 0.4) is 0 Å². The Morgan fingerprint density at radius 2 is 2.10 bits per heavy atom. The molecule has 0 saturated carbocycles. The number of β-amino-alcohol motifs (C(OH)–C–C–N with tert-alkyl or cyclic N) is 1. The third kappa shape index (κ3) is 3.45. The molecule has 7 heteroatoms. The number of aliphatic hydroxyl groups excluding tert-OH is 1. The van der Waals surface area contributed by atoms with Gasteiger partial charge in [-0.25, -0.2) is 9.59 Å². The lowest BCUT2D eigenvalue weighted by Crippen LogP contribution is -2.46. The third-order valence-corrected chi connectivity index (χ3v) is 3.26. The predicted molar refractivity (Wildman–Crippen MR) is 70.1 cm³/mol. The molecule has 0 aromatic carbocycles. The van der Waals surface area contributed by atoms with E-state index in [1.54, 1.807) is 12.4 Å². The molecule has 2 unspecified atom stereocenters. The van der Waals surface area contributed by atoms with Crippen molar-refractivity contribution < 1.29 is 19.8 Å². The van der Waals surface area contributed by atoms with Crippen molar-refractivity contribution in [3.8, 4) is 0 Å². The number of nitrogens with one attached hydrogen (secondary N) is 1. The highest BCUT2D eigenvalue weighted by Crippen LogP contribution is 2.18. The lowest BCUT2D eigenvalue weighted by atomic mass is 10.2. The molecule has 2 heterocycles. The zero-order chi connectivity index (χ0) is 14.5. The molecule has 1 aromatic rings. The fourth-order valence-electron chi connectivity index (χ4n) is 2.24. The SMILES string of the molecule is O=C(O)C1CC(O)CN1C(=O)NCCc1ccncc1. The fourth-order valence-corrected chi connectivity index (χ4v) is 2.24. The number of amides is 2. The highest BCUT2D eigenvalue weighted by atomic mass is 16.4. The summed E-state index contributed by atoms with van der Waals surface area (Å²) in [5.41, 5.74) is 1.04. The lowest BCUT2D eigenvalue weighted by Gasteiger charge is -2.21. The van der Waals surface area contributed by atoms with Crippen LogP contribution in [0.1, 0.15) is 12.0 Å². The first kappa shape index (κ1) is 14.3. The number of likely N-dealkylation sites (tertiary alicyclic amines) is 1. The Morgan fingerprint density at radius 3 is 2.75 bits per heavy atom. The number of nitrogens with zero attached hydrogens (tertiary/aromatic N) is 2. The number of carbonyl (C=O) groups is 2. The highest BCUT2D eigenvalue weighted by molar-refractivity contribution is 5.83. The molecular weight excluding hydrogens is 262 g/mol. The van der Waals surface area contributed by atoms with Crippen LogP contribution < -0.4 is 5.32 Å². The van der Waals surface area contributed by atoms with E-state index in [-0.39, 0.29) is 13.0 Å². The van der Waals surface area contributed by atoms with Crippen molar-refractivity contribution in [2.45, 2.75) is 25.0 Å². The minimum absolute atomic E-state index is 0.0536. The minimum Gasteiger partial charge on any atom is -0.480 e. The standard InChI is InChI=1S/C13H17N3O4/c17-10-7-11(12(18)19)16(8-10)13(20)15-6-3-9-1-4-14-5-2-9/h1-2,4-5,10-11,17H,3,6-8H2,(H,15,20)(H,18,19). The molecule has 7 nitrogen and oxygen atoms in total. The third-order valence-electron chi connectivity index (χ3n) is 3.26. The average molecular weight is 279 g/mol. The molecule has 1 aromatic heterocycles. The van der Waals surface area contributed by atoms with E-state index in [0.717, 1.165) is 5.56 Å². The van der Waals surface area contributed by atoms with Gasteiger partial charge in [0, 0.05) is 31.9 Å². The molecule has 0 bridgehead atoms. The number of aliphatic hydroxyl groups is 1. The molecule has 0 radical (unpaired) electrons. The Balaban J connectivity index is 1.84. The molecule has 2 rings (SSSR count). The summed E-state index contributed by atoms with van der Waals surface area (Å²) >= 11 is 0. The van der Waals surface area contributed by atoms with Crippen LogP contribution >= 0.6 is 0 Å². The summed E-state index contributed by atoms with van der Waals surface area (Å²) in [5, 5.41) is 21.2. The zero-order valence-electron chi connectivity index (χ0n) is 10.9. The van der Waals surface area contributed by atoms with Crippen LogP contribution in [0.5, 0.6) is 0 Å². The van der Waals surface area contributed by atoms with Crippen LogP contribution in [0.15, 0.2) is 24.5 Å². The van der Waals surface area contributed by atoms with Crippen molar-refractivity contribution in [2.24, 2.45) is 0 Å². The Kier molecular flexibility index (Phi) is 4.52. The second-order valence-electron chi connectivity index (χ2n) is 4.73. The van der Waals surface area contributed by atoms with Gasteiger partial charge in [-0.2, -0.15) is 0 Å². The zero-order valence-corrected chi connectivity index (χ0v) is 10.9. The number of hydrogen-bond donors (Lipinski definition) is 3. The van der Waals surface area contributed by atoms with Gasteiger partial charge in [0.15, 0.2) is 0 Å². The van der Waals surface area contributed by atoms with Crippen molar-refractivity contribution in [1.82, 2.24) is 15.2 Å². The van der Waals surface area contributed by atoms with Crippen LogP contribution in [0, 0.1) is 0 Å². The van der Waals surface area contributed by atoms with Gasteiger partial charge in [-0.1, -0.05) is 0 Å². The number of aliphatic carboxylic acids is 1. The van der Waals surface area contributed by atoms with Crippen molar-refractivity contribution >= 4 is 12.0 Å². The highest BCUT2D eigenvalue weighted by Gasteiger charge is 2.38. The number of aromatic nitrogens is 1. The van der Waals surface area contributed by atoms with E-state index in [2.05, 4.69) is 10.3 Å². The number of pyridine rings is 1. The molecule has 1 aliphatic rings. The first-order chi connectivity index (χ1) is 9.58. The van der Waals surface area contributed by atoms with E-state index in [1.165, 1.54) is 4.90 Å². The summed E-state index contributed by atoms with van der Waals surface area (Å²) < 4.78 is 0. The molecule has 0 spiro atoms. The van der Waals surface area contributed by atoms with E-state index in [0.29, 0.717) is 13.0 Å². The second-order valence-corrected chi connectivity index (χ2v) is 4.73. The van der Waals surface area contributed by atoms with Crippen molar-refractivity contribution in [3.05, 3.63) is 30.1 Å². The molecule has 1 aliphatic heterocycles. The van der Waals surface area contributed by atoms with Gasteiger partial charge in [-0.05, 0) is 24.1 Å². The number of carbonyl (C=O) groups excluding carboxylic acids is 1. The smallest absolute Gasteiger partial charge is 0.326 e. The van der Waals surface area contributed by atoms with Crippen molar-refractivity contribution in [1.29, 1.82) is 0 Å². The largest absolute Gasteiger partial charge is 0.480 e. The summed E-state index contributed by atoms with van der Waals surface area (Å²) in [5.74, 6) is -1.09. The maximum atomic E-state index is 11.9. The second kappa shape index (κ2) is 6.33. The normalized spacial score (nSPS) is 21.8. The van der Waals surface area contributed by atoms with Crippen LogP contribution in [0.25, 0.3) is 0 Å². The van der Waals surface area contributed by atoms with E-state index in [1.807, 2.05) is 12.1 Å². The monoisotopic (exact) mass is 279 g/mol. The molecule has 0 aliphatic carbocycles. The van der Waals surface area contributed by atoms with Gasteiger partial charge < -0.3 is 20.4 Å². The maximum absolute atomic E-state index is 11.9. The molecule has 2 amide bonds. The van der Waals surface area contributed by atoms with Crippen LogP contribution in [-0.2, 0) is 11.2 Å². The number of rotatable bonds is 4. The molecule has 1 fully saturated rings. The molecule has 108 valence electrons. The first-order valence-corrected chi connectivity index (χ1v) is 6.42. The van der Waals surface area contributed by atoms with Crippen LogP contribution in [0.2, 0.25) is 0 Å². The topological polar surface area (TPSA) is 103 Å². The summed E-state index contributed by atoms with van der Waals surface area (Å²) in [4.78, 5) is 28.0. The molecule has 1 saturated heterocycles. The summed E-state index contributed by atoms with van der Waals surface area (Å²) in [6.07, 6.45) is 3.29. The van der Waals surface area contributed by atoms with Gasteiger partial charge in [0.05, 0.1) is 6.10 Å². The Labute approximate surface area is 116 Å². The number of carboxylic acid groups (broad SMARTS) is 1. The number of carboxylic acids is 1. The Hall–Kier alpha value is -2.15. The number of urea groups is 1.